The van der Waals surface area contributed by atoms with Crippen LogP contribution in [0.4, 0.5) is 4.39 Å². The zero-order chi connectivity index (χ0) is 24.3. The average Bonchev–Trinajstić information content (AvgIpc) is 3.50. The van der Waals surface area contributed by atoms with Crippen LogP contribution in [-0.2, 0) is 14.1 Å². The van der Waals surface area contributed by atoms with Crippen LogP contribution in [0, 0.1) is 0 Å². The van der Waals surface area contributed by atoms with E-state index < -0.39 is 31.4 Å². The van der Waals surface area contributed by atoms with Gasteiger partial charge in [0.05, 0.1) is 6.61 Å². The maximum atomic E-state index is 16.2. The predicted octanol–water partition coefficient (Wildman–Crippen LogP) is 6.26. The van der Waals surface area contributed by atoms with Gasteiger partial charge in [0.15, 0.2) is 0 Å². The molecule has 0 amide bonds. The molecule has 4 rings (SSSR count). The van der Waals surface area contributed by atoms with Gasteiger partial charge in [0, 0.05) is 11.2 Å². The van der Waals surface area contributed by atoms with Crippen molar-refractivity contribution in [1.29, 1.82) is 0 Å². The molecule has 2 unspecified atom stereocenters. The van der Waals surface area contributed by atoms with E-state index in [4.69, 9.17) is 9.26 Å². The summed E-state index contributed by atoms with van der Waals surface area (Å²) >= 11 is 1.08. The van der Waals surface area contributed by atoms with E-state index in [9.17, 15) is 19.3 Å². The van der Waals surface area contributed by atoms with Gasteiger partial charge in [0.1, 0.15) is 16.7 Å². The SMILES string of the molecule is CCCOC(=O)C1CCCN1P(=O)(Oc1ccccc1)[C@H](F)c1ccc2sc(C(=O)O)cc2c1. The number of hydrogen-bond acceptors (Lipinski definition) is 6. The Labute approximate surface area is 200 Å². The van der Waals surface area contributed by atoms with Gasteiger partial charge in [-0.05, 0) is 60.5 Å². The first-order valence-electron chi connectivity index (χ1n) is 11.0. The highest BCUT2D eigenvalue weighted by molar-refractivity contribution is 7.57. The Bertz CT molecular complexity index is 1230. The Balaban J connectivity index is 1.73. The molecule has 0 bridgehead atoms. The smallest absolute Gasteiger partial charge is 0.358 e. The fourth-order valence-electron chi connectivity index (χ4n) is 3.99. The number of carbonyl (C=O) groups is 2. The van der Waals surface area contributed by atoms with E-state index in [1.54, 1.807) is 36.4 Å². The van der Waals surface area contributed by atoms with Crippen LogP contribution >= 0.6 is 18.9 Å². The first-order chi connectivity index (χ1) is 16.3. The first-order valence-corrected chi connectivity index (χ1v) is 13.5. The molecule has 0 spiro atoms. The van der Waals surface area contributed by atoms with Crippen LogP contribution in [0.1, 0.15) is 47.3 Å². The van der Waals surface area contributed by atoms with Crippen molar-refractivity contribution in [3.05, 3.63) is 65.0 Å². The lowest BCUT2D eigenvalue weighted by molar-refractivity contribution is -0.147. The summed E-state index contributed by atoms with van der Waals surface area (Å²) in [4.78, 5) is 24.1. The van der Waals surface area contributed by atoms with Gasteiger partial charge in [-0.1, -0.05) is 31.2 Å². The van der Waals surface area contributed by atoms with Gasteiger partial charge in [-0.2, -0.15) is 0 Å². The summed E-state index contributed by atoms with van der Waals surface area (Å²) in [5.41, 5.74) is 0.0917. The monoisotopic (exact) mass is 505 g/mol. The van der Waals surface area contributed by atoms with Crippen LogP contribution in [0.2, 0.25) is 0 Å². The minimum absolute atomic E-state index is 0.0917. The summed E-state index contributed by atoms with van der Waals surface area (Å²) in [6.45, 7) is 2.32. The van der Waals surface area contributed by atoms with Crippen LogP contribution in [0.25, 0.3) is 10.1 Å². The molecule has 0 saturated carbocycles. The molecule has 1 aromatic heterocycles. The molecular formula is C24H25FNO6PS. The number of esters is 1. The lowest BCUT2D eigenvalue weighted by Crippen LogP contribution is -2.37. The molecule has 3 aromatic rings. The van der Waals surface area contributed by atoms with Crippen LogP contribution in [0.3, 0.4) is 0 Å². The molecule has 1 fully saturated rings. The number of carboxylic acids is 1. The summed E-state index contributed by atoms with van der Waals surface area (Å²) in [6, 6.07) is 13.5. The van der Waals surface area contributed by atoms with Gasteiger partial charge in [0.2, 0.25) is 5.91 Å². The van der Waals surface area contributed by atoms with E-state index in [0.717, 1.165) is 11.3 Å². The van der Waals surface area contributed by atoms with Crippen molar-refractivity contribution in [3.63, 3.8) is 0 Å². The van der Waals surface area contributed by atoms with E-state index in [0.29, 0.717) is 29.3 Å². The Morgan fingerprint density at radius 3 is 2.71 bits per heavy atom. The molecule has 1 aliphatic heterocycles. The second-order valence-electron chi connectivity index (χ2n) is 8.01. The third-order valence-corrected chi connectivity index (χ3v) is 9.24. The lowest BCUT2D eigenvalue weighted by atomic mass is 10.2. The number of benzene rings is 2. The highest BCUT2D eigenvalue weighted by atomic mass is 32.1. The molecule has 180 valence electrons. The quantitative estimate of drug-likeness (QED) is 0.271. The number of aromatic carboxylic acids is 1. The van der Waals surface area contributed by atoms with Gasteiger partial charge in [-0.15, -0.1) is 11.3 Å². The third-order valence-electron chi connectivity index (χ3n) is 5.60. The van der Waals surface area contributed by atoms with Gasteiger partial charge >= 0.3 is 19.5 Å². The van der Waals surface area contributed by atoms with E-state index in [-0.39, 0.29) is 29.3 Å². The number of para-hydroxylation sites is 1. The van der Waals surface area contributed by atoms with Crippen molar-refractivity contribution >= 4 is 40.9 Å². The van der Waals surface area contributed by atoms with Crippen LogP contribution in [-0.4, -0.2) is 40.9 Å². The second kappa shape index (κ2) is 10.3. The molecule has 7 nitrogen and oxygen atoms in total. The minimum atomic E-state index is -4.28. The van der Waals surface area contributed by atoms with E-state index in [2.05, 4.69) is 0 Å². The zero-order valence-corrected chi connectivity index (χ0v) is 20.3. The molecule has 3 atom stereocenters. The highest BCUT2D eigenvalue weighted by Gasteiger charge is 2.51. The number of carbonyl (C=O) groups excluding carboxylic acids is 1. The van der Waals surface area contributed by atoms with Crippen molar-refractivity contribution in [3.8, 4) is 5.75 Å². The highest BCUT2D eigenvalue weighted by Crippen LogP contribution is 2.65. The maximum absolute atomic E-state index is 16.2. The lowest BCUT2D eigenvalue weighted by Gasteiger charge is -2.33. The molecule has 0 radical (unpaired) electrons. The number of halogens is 1. The van der Waals surface area contributed by atoms with Gasteiger partial charge < -0.3 is 14.4 Å². The molecule has 0 aliphatic carbocycles. The van der Waals surface area contributed by atoms with Crippen molar-refractivity contribution in [1.82, 2.24) is 4.67 Å². The third kappa shape index (κ3) is 4.87. The summed E-state index contributed by atoms with van der Waals surface area (Å²) in [7, 11) is -4.28. The Kier molecular flexibility index (Phi) is 7.36. The van der Waals surface area contributed by atoms with Gasteiger partial charge in [-0.3, -0.25) is 9.36 Å². The zero-order valence-electron chi connectivity index (χ0n) is 18.6. The van der Waals surface area contributed by atoms with Crippen molar-refractivity contribution in [2.45, 2.75) is 38.1 Å². The van der Waals surface area contributed by atoms with Crippen molar-refractivity contribution in [2.24, 2.45) is 0 Å². The van der Waals surface area contributed by atoms with E-state index >= 15 is 4.39 Å². The topological polar surface area (TPSA) is 93.1 Å². The summed E-state index contributed by atoms with van der Waals surface area (Å²) in [5.74, 6) is -3.44. The number of nitrogens with zero attached hydrogens (tertiary/aromatic N) is 1. The molecule has 1 N–H and O–H groups in total. The number of hydrogen-bond donors (Lipinski definition) is 1. The summed E-state index contributed by atoms with van der Waals surface area (Å²) < 4.78 is 43.7. The Morgan fingerprint density at radius 2 is 2.00 bits per heavy atom. The fourth-order valence-corrected chi connectivity index (χ4v) is 7.31. The first kappa shape index (κ1) is 24.4. The fraction of sp³-hybridized carbons (Fsp3) is 0.333. The maximum Gasteiger partial charge on any atom is 0.358 e. The molecule has 1 aliphatic rings. The average molecular weight is 506 g/mol. The van der Waals surface area contributed by atoms with Crippen LogP contribution < -0.4 is 4.52 Å². The Hall–Kier alpha value is -2.74. The largest absolute Gasteiger partial charge is 0.477 e. The van der Waals surface area contributed by atoms with Crippen LogP contribution in [0.5, 0.6) is 5.75 Å². The number of rotatable bonds is 9. The number of fused-ring (bicyclic) bond motifs is 1. The van der Waals surface area contributed by atoms with Crippen LogP contribution in [0.15, 0.2) is 54.6 Å². The molecule has 2 aromatic carbocycles. The molecule has 10 heteroatoms. The number of ether oxygens (including phenoxy) is 1. The number of thiophene rings is 1. The summed E-state index contributed by atoms with van der Waals surface area (Å²) in [5, 5.41) is 9.80. The standard InChI is InChI=1S/C24H25FNO6PS/c1-2-13-31-24(29)19-9-6-12-26(19)33(30,32-18-7-4-3-5-8-18)22(25)16-10-11-20-17(14-16)15-21(34-20)23(27)28/h3-5,7-8,10-11,14-15,19,22H,2,6,9,12-13H2,1H3,(H,27,28)/t19?,22-,33?/m0/s1. The molecular weight excluding hydrogens is 480 g/mol. The number of alkyl halides is 1. The van der Waals surface area contributed by atoms with E-state index in [1.165, 1.54) is 22.9 Å². The molecule has 1 saturated heterocycles. The van der Waals surface area contributed by atoms with Gasteiger partial charge in [-0.25, -0.2) is 13.9 Å². The van der Waals surface area contributed by atoms with Crippen molar-refractivity contribution in [2.75, 3.05) is 13.2 Å². The summed E-state index contributed by atoms with van der Waals surface area (Å²) in [6.07, 6.45) is 1.58. The minimum Gasteiger partial charge on any atom is -0.477 e. The van der Waals surface area contributed by atoms with Crippen molar-refractivity contribution < 1.29 is 32.9 Å². The second-order valence-corrected chi connectivity index (χ2v) is 11.4. The van der Waals surface area contributed by atoms with E-state index in [1.807, 2.05) is 6.92 Å². The number of carboxylic acid groups (broad SMARTS) is 1. The predicted molar refractivity (Wildman–Crippen MR) is 128 cm³/mol. The Morgan fingerprint density at radius 1 is 1.24 bits per heavy atom. The normalized spacial score (nSPS) is 18.9. The molecule has 2 heterocycles. The van der Waals surface area contributed by atoms with Gasteiger partial charge in [0.25, 0.3) is 0 Å². The molecule has 34 heavy (non-hydrogen) atoms.